The standard InChI is InChI=1S/C4H8O2.C2H5NO2S/c1-3-6-4(2)5;1-2(3)6(4)5/h3H2,1-2H3;3H2,1H3. The molecule has 0 bridgehead atoms. The van der Waals surface area contributed by atoms with Crippen LogP contribution in [0.5, 0.6) is 0 Å². The topological polar surface area (TPSA) is 86.5 Å². The van der Waals surface area contributed by atoms with Crippen molar-refractivity contribution in [1.82, 2.24) is 0 Å². The van der Waals surface area contributed by atoms with Crippen LogP contribution in [0, 0.1) is 0 Å². The van der Waals surface area contributed by atoms with Gasteiger partial charge in [-0.2, -0.15) is 8.42 Å². The van der Waals surface area contributed by atoms with Crippen LogP contribution in [0.1, 0.15) is 20.8 Å². The average molecular weight is 195 g/mol. The van der Waals surface area contributed by atoms with Crippen LogP contribution >= 0.6 is 0 Å². The molecular formula is C6H13NO4S. The monoisotopic (exact) mass is 195 g/mol. The number of carbonyl (C=O) groups excluding carboxylic acids is 1. The minimum absolute atomic E-state index is 0.0741. The molecule has 0 aromatic rings. The molecule has 0 atom stereocenters. The quantitative estimate of drug-likeness (QED) is 0.452. The third-order valence-electron chi connectivity index (χ3n) is 0.610. The maximum atomic E-state index is 9.82. The summed E-state index contributed by atoms with van der Waals surface area (Å²) in [7, 11) is -2.17. The lowest BCUT2D eigenvalue weighted by Crippen LogP contribution is -2.05. The van der Waals surface area contributed by atoms with E-state index >= 15 is 0 Å². The second-order valence-electron chi connectivity index (χ2n) is 1.77. The zero-order chi connectivity index (χ0) is 10.1. The highest BCUT2D eigenvalue weighted by Gasteiger charge is 1.81. The third kappa shape index (κ3) is 16.1. The zero-order valence-electron chi connectivity index (χ0n) is 7.33. The molecule has 0 saturated carbocycles. The van der Waals surface area contributed by atoms with Crippen molar-refractivity contribution in [2.24, 2.45) is 5.73 Å². The number of hydrogen-bond acceptors (Lipinski definition) is 4. The molecule has 0 fully saturated rings. The Kier molecular flexibility index (Phi) is 9.38. The summed E-state index contributed by atoms with van der Waals surface area (Å²) in [5.41, 5.74) is 4.74. The maximum absolute atomic E-state index is 9.82. The molecule has 0 spiro atoms. The van der Waals surface area contributed by atoms with Gasteiger partial charge in [0.1, 0.15) is 4.99 Å². The molecule has 0 radical (unpaired) electrons. The first-order chi connectivity index (χ1) is 5.41. The minimum Gasteiger partial charge on any atom is -0.466 e. The fourth-order valence-corrected chi connectivity index (χ4v) is 0.203. The summed E-state index contributed by atoms with van der Waals surface area (Å²) in [6.45, 7) is 4.98. The first-order valence-corrected chi connectivity index (χ1v) is 4.31. The number of ether oxygens (including phenoxy) is 1. The SMILES string of the molecule is CC(N)=S(=O)=O.CCOC(C)=O. The van der Waals surface area contributed by atoms with Crippen molar-refractivity contribution >= 4 is 21.3 Å². The van der Waals surface area contributed by atoms with E-state index in [1.807, 2.05) is 0 Å². The van der Waals surface area contributed by atoms with Crippen LogP contribution in [-0.4, -0.2) is 26.0 Å². The molecule has 0 heterocycles. The van der Waals surface area contributed by atoms with E-state index in [2.05, 4.69) is 4.74 Å². The molecule has 0 amide bonds. The second kappa shape index (κ2) is 8.22. The van der Waals surface area contributed by atoms with E-state index in [0.717, 1.165) is 0 Å². The summed E-state index contributed by atoms with van der Waals surface area (Å²) in [5, 5.41) is 0. The van der Waals surface area contributed by atoms with Gasteiger partial charge in [0.25, 0.3) is 0 Å². The van der Waals surface area contributed by atoms with Crippen LogP contribution in [0.2, 0.25) is 0 Å². The van der Waals surface area contributed by atoms with Crippen LogP contribution in [0.25, 0.3) is 0 Å². The highest BCUT2D eigenvalue weighted by atomic mass is 32.2. The van der Waals surface area contributed by atoms with Gasteiger partial charge in [-0.15, -0.1) is 0 Å². The van der Waals surface area contributed by atoms with E-state index in [0.29, 0.717) is 6.61 Å². The summed E-state index contributed by atoms with van der Waals surface area (Å²) in [4.78, 5) is 9.75. The highest BCUT2D eigenvalue weighted by molar-refractivity contribution is 7.72. The molecule has 5 nitrogen and oxygen atoms in total. The molecule has 0 saturated heterocycles. The Morgan fingerprint density at radius 3 is 1.75 bits per heavy atom. The minimum atomic E-state index is -2.17. The van der Waals surface area contributed by atoms with Crippen LogP contribution in [0.3, 0.4) is 0 Å². The van der Waals surface area contributed by atoms with E-state index in [1.54, 1.807) is 6.92 Å². The molecule has 0 unspecified atom stereocenters. The van der Waals surface area contributed by atoms with E-state index in [1.165, 1.54) is 13.8 Å². The molecule has 2 N–H and O–H groups in total. The Bertz CT molecular complexity index is 243. The van der Waals surface area contributed by atoms with Gasteiger partial charge in [0.15, 0.2) is 0 Å². The Morgan fingerprint density at radius 2 is 1.75 bits per heavy atom. The summed E-state index contributed by atoms with van der Waals surface area (Å²) in [6, 6.07) is 0. The van der Waals surface area contributed by atoms with Crippen LogP contribution in [-0.2, 0) is 19.8 Å². The summed E-state index contributed by atoms with van der Waals surface area (Å²) in [6.07, 6.45) is 0. The van der Waals surface area contributed by atoms with Crippen molar-refractivity contribution in [3.05, 3.63) is 0 Å². The Balaban J connectivity index is 0. The summed E-state index contributed by atoms with van der Waals surface area (Å²) < 4.78 is 23.5. The van der Waals surface area contributed by atoms with Crippen molar-refractivity contribution in [3.63, 3.8) is 0 Å². The van der Waals surface area contributed by atoms with Crippen molar-refractivity contribution in [2.45, 2.75) is 20.8 Å². The number of rotatable bonds is 1. The second-order valence-corrected chi connectivity index (χ2v) is 2.88. The zero-order valence-corrected chi connectivity index (χ0v) is 8.14. The lowest BCUT2D eigenvalue weighted by Gasteiger charge is -1.89. The van der Waals surface area contributed by atoms with E-state index in [4.69, 9.17) is 5.73 Å². The largest absolute Gasteiger partial charge is 0.466 e. The third-order valence-corrected chi connectivity index (χ3v) is 1.14. The lowest BCUT2D eigenvalue weighted by atomic mass is 10.8. The molecule has 0 aliphatic rings. The summed E-state index contributed by atoms with van der Waals surface area (Å²) >= 11 is 0. The van der Waals surface area contributed by atoms with Crippen molar-refractivity contribution in [3.8, 4) is 0 Å². The van der Waals surface area contributed by atoms with Gasteiger partial charge in [0, 0.05) is 6.92 Å². The first-order valence-electron chi connectivity index (χ1n) is 3.23. The van der Waals surface area contributed by atoms with Gasteiger partial charge in [-0.3, -0.25) is 10.5 Å². The number of hydrogen-bond donors (Lipinski definition) is 1. The van der Waals surface area contributed by atoms with Gasteiger partial charge >= 0.3 is 5.97 Å². The van der Waals surface area contributed by atoms with Gasteiger partial charge in [-0.05, 0) is 13.8 Å². The number of nitrogens with two attached hydrogens (primary N) is 1. The molecule has 6 heteroatoms. The number of esters is 1. The maximum Gasteiger partial charge on any atom is 0.302 e. The molecule has 12 heavy (non-hydrogen) atoms. The molecule has 0 rings (SSSR count). The van der Waals surface area contributed by atoms with Crippen LogP contribution in [0.15, 0.2) is 0 Å². The predicted octanol–water partition coefficient (Wildman–Crippen LogP) is -0.457. The van der Waals surface area contributed by atoms with Crippen molar-refractivity contribution in [2.75, 3.05) is 6.61 Å². The van der Waals surface area contributed by atoms with E-state index < -0.39 is 10.3 Å². The predicted molar refractivity (Wildman–Crippen MR) is 46.1 cm³/mol. The first kappa shape index (κ1) is 13.7. The van der Waals surface area contributed by atoms with Gasteiger partial charge < -0.3 is 4.74 Å². The molecule has 0 aliphatic heterocycles. The van der Waals surface area contributed by atoms with Gasteiger partial charge in [-0.1, -0.05) is 0 Å². The molecule has 0 aromatic heterocycles. The normalized spacial score (nSPS) is 7.67. The lowest BCUT2D eigenvalue weighted by molar-refractivity contribution is -0.140. The van der Waals surface area contributed by atoms with Gasteiger partial charge in [0.2, 0.25) is 10.3 Å². The van der Waals surface area contributed by atoms with E-state index in [9.17, 15) is 13.2 Å². The van der Waals surface area contributed by atoms with Crippen molar-refractivity contribution in [1.29, 1.82) is 0 Å². The van der Waals surface area contributed by atoms with Crippen LogP contribution < -0.4 is 5.73 Å². The van der Waals surface area contributed by atoms with Crippen molar-refractivity contribution < 1.29 is 17.9 Å². The summed E-state index contributed by atoms with van der Waals surface area (Å²) in [5.74, 6) is -0.211. The average Bonchev–Trinajstić information content (AvgIpc) is 1.87. The Hall–Kier alpha value is -0.880. The van der Waals surface area contributed by atoms with Gasteiger partial charge in [0.05, 0.1) is 6.61 Å². The molecule has 0 aliphatic carbocycles. The smallest absolute Gasteiger partial charge is 0.302 e. The fourth-order valence-electron chi connectivity index (χ4n) is 0.203. The van der Waals surface area contributed by atoms with Crippen LogP contribution in [0.4, 0.5) is 0 Å². The van der Waals surface area contributed by atoms with Gasteiger partial charge in [-0.25, -0.2) is 0 Å². The van der Waals surface area contributed by atoms with E-state index in [-0.39, 0.29) is 11.0 Å². The number of carbonyl (C=O) groups is 1. The Labute approximate surface area is 73.0 Å². The highest BCUT2D eigenvalue weighted by Crippen LogP contribution is 1.69. The molecular weight excluding hydrogens is 182 g/mol. The Morgan fingerprint density at radius 1 is 1.42 bits per heavy atom. The molecule has 72 valence electrons. The fraction of sp³-hybridized carbons (Fsp3) is 0.667. The molecule has 0 aromatic carbocycles.